The lowest BCUT2D eigenvalue weighted by Gasteiger charge is -2.29. The summed E-state index contributed by atoms with van der Waals surface area (Å²) in [7, 11) is 1.15. The summed E-state index contributed by atoms with van der Waals surface area (Å²) in [6.07, 6.45) is 0. The Morgan fingerprint density at radius 3 is 2.20 bits per heavy atom. The van der Waals surface area contributed by atoms with E-state index in [-0.39, 0.29) is 5.56 Å². The Morgan fingerprint density at radius 2 is 1.75 bits per heavy atom. The van der Waals surface area contributed by atoms with Gasteiger partial charge in [0.1, 0.15) is 5.60 Å². The van der Waals surface area contributed by atoms with E-state index < -0.39 is 23.1 Å². The topological polar surface area (TPSA) is 105 Å². The van der Waals surface area contributed by atoms with Crippen molar-refractivity contribution in [1.82, 2.24) is 0 Å². The minimum Gasteiger partial charge on any atom is -0.467 e. The molecule has 0 amide bonds. The van der Waals surface area contributed by atoms with Crippen molar-refractivity contribution in [2.75, 3.05) is 12.8 Å². The number of hydrogen-bond donors (Lipinski definition) is 2. The molecule has 1 atom stereocenters. The Hall–Kier alpha value is -2.08. The highest BCUT2D eigenvalue weighted by Gasteiger charge is 2.48. The van der Waals surface area contributed by atoms with E-state index in [1.807, 2.05) is 0 Å². The van der Waals surface area contributed by atoms with Gasteiger partial charge in [-0.2, -0.15) is 0 Å². The van der Waals surface area contributed by atoms with Crippen LogP contribution in [0.3, 0.4) is 0 Å². The molecule has 0 fully saturated rings. The van der Waals surface area contributed by atoms with E-state index in [1.54, 1.807) is 32.9 Å². The molecule has 20 heavy (non-hydrogen) atoms. The van der Waals surface area contributed by atoms with Gasteiger partial charge in [0.05, 0.1) is 7.11 Å². The first-order valence-corrected chi connectivity index (χ1v) is 6.08. The van der Waals surface area contributed by atoms with Crippen LogP contribution in [0.4, 0.5) is 5.69 Å². The third kappa shape index (κ3) is 3.27. The molecule has 0 aromatic heterocycles. The van der Waals surface area contributed by atoms with Gasteiger partial charge in [-0.1, -0.05) is 12.1 Å². The molecule has 4 N–H and O–H groups in total. The van der Waals surface area contributed by atoms with E-state index in [4.69, 9.17) is 16.2 Å². The minimum absolute atomic E-state index is 0.221. The molecule has 1 unspecified atom stereocenters. The summed E-state index contributed by atoms with van der Waals surface area (Å²) in [5, 5.41) is 0. The molecule has 0 heterocycles. The van der Waals surface area contributed by atoms with Crippen LogP contribution in [0, 0.1) is 0 Å². The van der Waals surface area contributed by atoms with E-state index in [0.29, 0.717) is 5.69 Å². The molecule has 1 aromatic carbocycles. The highest BCUT2D eigenvalue weighted by molar-refractivity contribution is 6.05. The number of benzene rings is 1. The molecule has 6 heteroatoms. The van der Waals surface area contributed by atoms with E-state index in [1.165, 1.54) is 12.1 Å². The van der Waals surface area contributed by atoms with Crippen LogP contribution >= 0.6 is 0 Å². The van der Waals surface area contributed by atoms with E-state index >= 15 is 0 Å². The molecule has 0 bridgehead atoms. The summed E-state index contributed by atoms with van der Waals surface area (Å²) in [6, 6.07) is 6.19. The van der Waals surface area contributed by atoms with Crippen molar-refractivity contribution < 1.29 is 19.1 Å². The number of ether oxygens (including phenoxy) is 2. The van der Waals surface area contributed by atoms with Crippen LogP contribution in [0.5, 0.6) is 0 Å². The van der Waals surface area contributed by atoms with Crippen LogP contribution in [0.25, 0.3) is 0 Å². The van der Waals surface area contributed by atoms with Gasteiger partial charge in [0, 0.05) is 5.69 Å². The van der Waals surface area contributed by atoms with Crippen molar-refractivity contribution in [2.24, 2.45) is 5.73 Å². The summed E-state index contributed by atoms with van der Waals surface area (Å²) >= 11 is 0. The number of nitrogen functional groups attached to an aromatic ring is 1. The molecule has 1 aromatic rings. The molecule has 0 aliphatic rings. The van der Waals surface area contributed by atoms with Gasteiger partial charge in [-0.3, -0.25) is 0 Å². The predicted octanol–water partition coefficient (Wildman–Crippen LogP) is 0.937. The van der Waals surface area contributed by atoms with Gasteiger partial charge < -0.3 is 20.9 Å². The van der Waals surface area contributed by atoms with Crippen LogP contribution in [0.15, 0.2) is 24.3 Å². The average Bonchev–Trinajstić information content (AvgIpc) is 2.34. The fraction of sp³-hybridized carbons (Fsp3) is 0.429. The normalized spacial score (nSPS) is 14.2. The SMILES string of the molecule is COC(=O)C(N)(C(=O)OC(C)(C)C)c1cccc(N)c1. The smallest absolute Gasteiger partial charge is 0.343 e. The van der Waals surface area contributed by atoms with Gasteiger partial charge in [0.15, 0.2) is 0 Å². The van der Waals surface area contributed by atoms with Crippen molar-refractivity contribution in [3.05, 3.63) is 29.8 Å². The maximum absolute atomic E-state index is 12.3. The first-order chi connectivity index (χ1) is 9.11. The number of carbonyl (C=O) groups is 2. The second-order valence-corrected chi connectivity index (χ2v) is 5.43. The van der Waals surface area contributed by atoms with Gasteiger partial charge in [-0.15, -0.1) is 0 Å². The number of methoxy groups -OCH3 is 1. The van der Waals surface area contributed by atoms with Gasteiger partial charge in [0.25, 0.3) is 0 Å². The lowest BCUT2D eigenvalue weighted by molar-refractivity contribution is -0.171. The highest BCUT2D eigenvalue weighted by Crippen LogP contribution is 2.26. The zero-order valence-electron chi connectivity index (χ0n) is 12.1. The maximum Gasteiger partial charge on any atom is 0.343 e. The summed E-state index contributed by atoms with van der Waals surface area (Å²) in [4.78, 5) is 24.3. The zero-order chi connectivity index (χ0) is 15.6. The summed E-state index contributed by atoms with van der Waals surface area (Å²) in [6.45, 7) is 5.05. The van der Waals surface area contributed by atoms with Crippen molar-refractivity contribution in [1.29, 1.82) is 0 Å². The number of carbonyl (C=O) groups excluding carboxylic acids is 2. The Bertz CT molecular complexity index is 522. The van der Waals surface area contributed by atoms with Gasteiger partial charge >= 0.3 is 11.9 Å². The lowest BCUT2D eigenvalue weighted by Crippen LogP contribution is -2.54. The van der Waals surface area contributed by atoms with Gasteiger partial charge in [-0.25, -0.2) is 9.59 Å². The second kappa shape index (κ2) is 5.50. The third-order valence-corrected chi connectivity index (χ3v) is 2.57. The van der Waals surface area contributed by atoms with Crippen LogP contribution in [0.1, 0.15) is 26.3 Å². The van der Waals surface area contributed by atoms with E-state index in [9.17, 15) is 9.59 Å². The van der Waals surface area contributed by atoms with Crippen LogP contribution < -0.4 is 11.5 Å². The van der Waals surface area contributed by atoms with Crippen molar-refractivity contribution >= 4 is 17.6 Å². The van der Waals surface area contributed by atoms with E-state index in [0.717, 1.165) is 7.11 Å². The van der Waals surface area contributed by atoms with Gasteiger partial charge in [-0.05, 0) is 38.5 Å². The molecular formula is C14H20N2O4. The van der Waals surface area contributed by atoms with Crippen LogP contribution in [-0.2, 0) is 24.6 Å². The molecular weight excluding hydrogens is 260 g/mol. The quantitative estimate of drug-likeness (QED) is 0.485. The number of esters is 2. The maximum atomic E-state index is 12.3. The van der Waals surface area contributed by atoms with Crippen molar-refractivity contribution in [3.8, 4) is 0 Å². The van der Waals surface area contributed by atoms with Crippen LogP contribution in [0.2, 0.25) is 0 Å². The summed E-state index contributed by atoms with van der Waals surface area (Å²) in [5.41, 5.74) is 9.43. The predicted molar refractivity (Wildman–Crippen MR) is 74.6 cm³/mol. The zero-order valence-corrected chi connectivity index (χ0v) is 12.1. The molecule has 110 valence electrons. The van der Waals surface area contributed by atoms with Crippen LogP contribution in [-0.4, -0.2) is 24.6 Å². The standard InChI is InChI=1S/C14H20N2O4/c1-13(2,3)20-12(18)14(16,11(17)19-4)9-6-5-7-10(15)8-9/h5-8H,15-16H2,1-4H3. The molecule has 0 spiro atoms. The second-order valence-electron chi connectivity index (χ2n) is 5.43. The molecule has 0 aliphatic heterocycles. The first-order valence-electron chi connectivity index (χ1n) is 6.08. The van der Waals surface area contributed by atoms with Gasteiger partial charge in [0.2, 0.25) is 5.54 Å². The summed E-state index contributed by atoms with van der Waals surface area (Å²) < 4.78 is 9.85. The van der Waals surface area contributed by atoms with Crippen molar-refractivity contribution in [2.45, 2.75) is 31.9 Å². The Morgan fingerprint density at radius 1 is 1.15 bits per heavy atom. The fourth-order valence-corrected chi connectivity index (χ4v) is 1.62. The Labute approximate surface area is 118 Å². The largest absolute Gasteiger partial charge is 0.467 e. The molecule has 0 aliphatic carbocycles. The number of anilines is 1. The molecule has 0 saturated heterocycles. The molecule has 0 saturated carbocycles. The van der Waals surface area contributed by atoms with E-state index in [2.05, 4.69) is 4.74 Å². The number of nitrogens with two attached hydrogens (primary N) is 2. The summed E-state index contributed by atoms with van der Waals surface area (Å²) in [5.74, 6) is -1.79. The molecule has 1 rings (SSSR count). The third-order valence-electron chi connectivity index (χ3n) is 2.57. The Kier molecular flexibility index (Phi) is 4.39. The minimum atomic E-state index is -2.04. The number of hydrogen-bond acceptors (Lipinski definition) is 6. The Balaban J connectivity index is 3.30. The monoisotopic (exact) mass is 280 g/mol. The highest BCUT2D eigenvalue weighted by atomic mass is 16.6. The van der Waals surface area contributed by atoms with Crippen molar-refractivity contribution in [3.63, 3.8) is 0 Å². The fourth-order valence-electron chi connectivity index (χ4n) is 1.62. The number of rotatable bonds is 3. The first kappa shape index (κ1) is 16.0. The average molecular weight is 280 g/mol. The lowest BCUT2D eigenvalue weighted by atomic mass is 9.90. The molecule has 6 nitrogen and oxygen atoms in total. The molecule has 0 radical (unpaired) electrons.